The zero-order valence-electron chi connectivity index (χ0n) is 12.1. The summed E-state index contributed by atoms with van der Waals surface area (Å²) in [6, 6.07) is 5.06. The first-order chi connectivity index (χ1) is 9.85. The van der Waals surface area contributed by atoms with Crippen LogP contribution in [0.25, 0.3) is 0 Å². The molecule has 0 radical (unpaired) electrons. The Hall–Kier alpha value is -2.57. The number of nitrogens with one attached hydrogen (secondary N) is 1. The molecule has 0 heterocycles. The number of carboxylic acid groups (broad SMARTS) is 1. The van der Waals surface area contributed by atoms with E-state index in [4.69, 9.17) is 5.11 Å². The maximum Gasteiger partial charge on any atom is 0.335 e. The number of amides is 2. The number of benzene rings is 1. The summed E-state index contributed by atoms with van der Waals surface area (Å²) in [7, 11) is 2.82. The number of carboxylic acids is 1. The van der Waals surface area contributed by atoms with E-state index in [9.17, 15) is 14.4 Å². The van der Waals surface area contributed by atoms with Crippen molar-refractivity contribution >= 4 is 18.0 Å². The number of rotatable bonds is 5. The van der Waals surface area contributed by atoms with Gasteiger partial charge < -0.3 is 20.1 Å². The number of carbonyl (C=O) groups excluding carboxylic acids is 2. The molecule has 7 heteroatoms. The lowest BCUT2D eigenvalue weighted by Gasteiger charge is -2.20. The smallest absolute Gasteiger partial charge is 0.335 e. The molecule has 0 fully saturated rings. The van der Waals surface area contributed by atoms with E-state index >= 15 is 0 Å². The van der Waals surface area contributed by atoms with Gasteiger partial charge in [-0.1, -0.05) is 12.1 Å². The van der Waals surface area contributed by atoms with E-state index in [0.717, 1.165) is 5.56 Å². The van der Waals surface area contributed by atoms with Gasteiger partial charge in [0.05, 0.1) is 12.7 Å². The van der Waals surface area contributed by atoms with E-state index in [2.05, 4.69) is 10.1 Å². The first kappa shape index (κ1) is 16.5. The molecule has 0 aliphatic heterocycles. The Labute approximate surface area is 122 Å². The van der Waals surface area contributed by atoms with Crippen LogP contribution in [0.1, 0.15) is 22.8 Å². The number of esters is 1. The molecule has 0 saturated heterocycles. The van der Waals surface area contributed by atoms with Crippen molar-refractivity contribution in [1.29, 1.82) is 0 Å². The largest absolute Gasteiger partial charge is 0.478 e. The van der Waals surface area contributed by atoms with Crippen LogP contribution in [0, 0.1) is 0 Å². The zero-order valence-corrected chi connectivity index (χ0v) is 12.1. The fourth-order valence-corrected chi connectivity index (χ4v) is 1.63. The molecule has 114 valence electrons. The summed E-state index contributed by atoms with van der Waals surface area (Å²) in [4.78, 5) is 35.2. The third-order valence-electron chi connectivity index (χ3n) is 2.86. The molecule has 0 aromatic heterocycles. The maximum atomic E-state index is 11.9. The lowest BCUT2D eigenvalue weighted by Crippen LogP contribution is -2.45. The molecule has 7 nitrogen and oxygen atoms in total. The predicted octanol–water partition coefficient (Wildman–Crippen LogP) is 1.09. The van der Waals surface area contributed by atoms with Crippen LogP contribution in [0.4, 0.5) is 4.79 Å². The van der Waals surface area contributed by atoms with E-state index < -0.39 is 24.0 Å². The second-order valence-electron chi connectivity index (χ2n) is 4.55. The van der Waals surface area contributed by atoms with E-state index in [0.29, 0.717) is 6.54 Å². The van der Waals surface area contributed by atoms with Crippen molar-refractivity contribution in [3.05, 3.63) is 35.4 Å². The zero-order chi connectivity index (χ0) is 16.0. The van der Waals surface area contributed by atoms with Gasteiger partial charge in [0.15, 0.2) is 0 Å². The summed E-state index contributed by atoms with van der Waals surface area (Å²) in [6.45, 7) is 1.82. The number of aromatic carboxylic acids is 1. The summed E-state index contributed by atoms with van der Waals surface area (Å²) >= 11 is 0. The van der Waals surface area contributed by atoms with Crippen LogP contribution in [0.3, 0.4) is 0 Å². The molecular weight excluding hydrogens is 276 g/mol. The molecule has 1 rings (SSSR count). The van der Waals surface area contributed by atoms with Gasteiger partial charge in [-0.3, -0.25) is 0 Å². The average Bonchev–Trinajstić information content (AvgIpc) is 2.46. The minimum Gasteiger partial charge on any atom is -0.478 e. The topological polar surface area (TPSA) is 95.9 Å². The van der Waals surface area contributed by atoms with Gasteiger partial charge in [-0.25, -0.2) is 14.4 Å². The summed E-state index contributed by atoms with van der Waals surface area (Å²) in [5.41, 5.74) is 0.966. The average molecular weight is 294 g/mol. The second-order valence-corrected chi connectivity index (χ2v) is 4.55. The Balaban J connectivity index is 2.59. The normalized spacial score (nSPS) is 11.4. The van der Waals surface area contributed by atoms with E-state index in [1.807, 2.05) is 0 Å². The highest BCUT2D eigenvalue weighted by atomic mass is 16.5. The molecule has 0 bridgehead atoms. The SMILES string of the molecule is COC(=O)C(C)NC(=O)N(C)Cc1ccc(C(=O)O)cc1. The number of methoxy groups -OCH3 is 1. The molecule has 2 N–H and O–H groups in total. The highest BCUT2D eigenvalue weighted by Gasteiger charge is 2.18. The van der Waals surface area contributed by atoms with Crippen molar-refractivity contribution in [2.75, 3.05) is 14.2 Å². The van der Waals surface area contributed by atoms with Gasteiger partial charge in [-0.2, -0.15) is 0 Å². The van der Waals surface area contributed by atoms with Crippen LogP contribution in [-0.2, 0) is 16.1 Å². The van der Waals surface area contributed by atoms with E-state index in [1.165, 1.54) is 31.1 Å². The fraction of sp³-hybridized carbons (Fsp3) is 0.357. The Morgan fingerprint density at radius 3 is 2.33 bits per heavy atom. The number of nitrogens with zero attached hydrogens (tertiary/aromatic N) is 1. The van der Waals surface area contributed by atoms with Gasteiger partial charge >= 0.3 is 18.0 Å². The Bertz CT molecular complexity index is 527. The summed E-state index contributed by atoms with van der Waals surface area (Å²) in [5.74, 6) is -1.53. The highest BCUT2D eigenvalue weighted by Crippen LogP contribution is 2.07. The lowest BCUT2D eigenvalue weighted by molar-refractivity contribution is -0.142. The van der Waals surface area contributed by atoms with Crippen molar-refractivity contribution in [3.63, 3.8) is 0 Å². The van der Waals surface area contributed by atoms with Crippen molar-refractivity contribution in [2.24, 2.45) is 0 Å². The quantitative estimate of drug-likeness (QED) is 0.792. The Kier molecular flexibility index (Phi) is 5.71. The molecule has 1 aromatic carbocycles. The predicted molar refractivity (Wildman–Crippen MR) is 74.9 cm³/mol. The molecule has 0 aliphatic carbocycles. The number of carbonyl (C=O) groups is 3. The van der Waals surface area contributed by atoms with E-state index in [1.54, 1.807) is 19.2 Å². The van der Waals surface area contributed by atoms with Crippen LogP contribution < -0.4 is 5.32 Å². The maximum absolute atomic E-state index is 11.9. The van der Waals surface area contributed by atoms with Gasteiger partial charge in [-0.05, 0) is 24.6 Å². The minimum absolute atomic E-state index is 0.185. The van der Waals surface area contributed by atoms with Crippen molar-refractivity contribution in [2.45, 2.75) is 19.5 Å². The van der Waals surface area contributed by atoms with Gasteiger partial charge in [-0.15, -0.1) is 0 Å². The molecule has 21 heavy (non-hydrogen) atoms. The van der Waals surface area contributed by atoms with Gasteiger partial charge in [0.1, 0.15) is 6.04 Å². The monoisotopic (exact) mass is 294 g/mol. The van der Waals surface area contributed by atoms with Crippen molar-refractivity contribution in [1.82, 2.24) is 10.2 Å². The van der Waals surface area contributed by atoms with Gasteiger partial charge in [0.2, 0.25) is 0 Å². The third-order valence-corrected chi connectivity index (χ3v) is 2.86. The standard InChI is InChI=1S/C14H18N2O5/c1-9(13(19)21-3)15-14(20)16(2)8-10-4-6-11(7-5-10)12(17)18/h4-7,9H,8H2,1-3H3,(H,15,20)(H,17,18). The molecule has 0 saturated carbocycles. The number of hydrogen-bond donors (Lipinski definition) is 2. The van der Waals surface area contributed by atoms with Crippen LogP contribution in [-0.4, -0.2) is 48.2 Å². The third kappa shape index (κ3) is 4.79. The highest BCUT2D eigenvalue weighted by molar-refractivity contribution is 5.87. The van der Waals surface area contributed by atoms with Crippen molar-refractivity contribution in [3.8, 4) is 0 Å². The van der Waals surface area contributed by atoms with Crippen molar-refractivity contribution < 1.29 is 24.2 Å². The minimum atomic E-state index is -1.00. The van der Waals surface area contributed by atoms with Gasteiger partial charge in [0, 0.05) is 13.6 Å². The molecular formula is C14H18N2O5. The first-order valence-corrected chi connectivity index (χ1v) is 6.27. The Morgan fingerprint density at radius 2 is 1.86 bits per heavy atom. The number of ether oxygens (including phenoxy) is 1. The molecule has 2 amide bonds. The first-order valence-electron chi connectivity index (χ1n) is 6.27. The molecule has 0 spiro atoms. The Morgan fingerprint density at radius 1 is 1.29 bits per heavy atom. The van der Waals surface area contributed by atoms with Crippen LogP contribution in [0.15, 0.2) is 24.3 Å². The summed E-state index contributed by atoms with van der Waals surface area (Å²) in [6.07, 6.45) is 0. The van der Waals surface area contributed by atoms with Gasteiger partial charge in [0.25, 0.3) is 0 Å². The van der Waals surface area contributed by atoms with Crippen LogP contribution in [0.5, 0.6) is 0 Å². The second kappa shape index (κ2) is 7.28. The number of urea groups is 1. The summed E-state index contributed by atoms with van der Waals surface area (Å²) in [5, 5.41) is 11.3. The fourth-order valence-electron chi connectivity index (χ4n) is 1.63. The van der Waals surface area contributed by atoms with E-state index in [-0.39, 0.29) is 5.56 Å². The molecule has 1 aromatic rings. The van der Waals surface area contributed by atoms with Crippen LogP contribution >= 0.6 is 0 Å². The molecule has 0 aliphatic rings. The molecule has 1 atom stereocenters. The summed E-state index contributed by atoms with van der Waals surface area (Å²) < 4.78 is 4.52. The van der Waals surface area contributed by atoms with Crippen LogP contribution in [0.2, 0.25) is 0 Å². The lowest BCUT2D eigenvalue weighted by atomic mass is 10.1. The molecule has 1 unspecified atom stereocenters. The number of hydrogen-bond acceptors (Lipinski definition) is 4.